The highest BCUT2D eigenvalue weighted by Gasteiger charge is 2.29. The van der Waals surface area contributed by atoms with Gasteiger partial charge in [0.05, 0.1) is 11.8 Å². The molecule has 0 aliphatic carbocycles. The number of fused-ring (bicyclic) bond motifs is 1. The molecule has 0 radical (unpaired) electrons. The van der Waals surface area contributed by atoms with Crippen molar-refractivity contribution in [3.05, 3.63) is 59.9 Å². The first-order chi connectivity index (χ1) is 10.0. The molecule has 0 saturated heterocycles. The second-order valence-corrected chi connectivity index (χ2v) is 4.49. The summed E-state index contributed by atoms with van der Waals surface area (Å²) in [4.78, 5) is 4.32. The molecule has 0 atom stereocenters. The van der Waals surface area contributed by atoms with Crippen LogP contribution in [0.15, 0.2) is 48.8 Å². The molecular weight excluding hydrogens is 281 g/mol. The highest BCUT2D eigenvalue weighted by atomic mass is 19.4. The summed E-state index contributed by atoms with van der Waals surface area (Å²) in [7, 11) is 0. The van der Waals surface area contributed by atoms with Crippen LogP contribution in [0.2, 0.25) is 0 Å². The van der Waals surface area contributed by atoms with Crippen molar-refractivity contribution in [2.24, 2.45) is 0 Å². The van der Waals surface area contributed by atoms with Gasteiger partial charge in [0.25, 0.3) is 0 Å². The summed E-state index contributed by atoms with van der Waals surface area (Å²) in [6.07, 6.45) is -0.903. The monoisotopic (exact) mass is 292 g/mol. The third-order valence-electron chi connectivity index (χ3n) is 3.01. The molecule has 0 fully saturated rings. The normalized spacial score (nSPS) is 11.8. The Morgan fingerprint density at radius 2 is 1.81 bits per heavy atom. The Hall–Kier alpha value is -2.57. The van der Waals surface area contributed by atoms with Gasteiger partial charge >= 0.3 is 6.18 Å². The first-order valence-electron chi connectivity index (χ1n) is 6.23. The van der Waals surface area contributed by atoms with Crippen molar-refractivity contribution < 1.29 is 13.2 Å². The number of hydrogen-bond donors (Lipinski definition) is 1. The van der Waals surface area contributed by atoms with Gasteiger partial charge in [0.1, 0.15) is 5.82 Å². The number of benzene rings is 1. The van der Waals surface area contributed by atoms with E-state index in [1.54, 1.807) is 29.0 Å². The molecule has 0 aliphatic rings. The molecule has 0 unspecified atom stereocenters. The molecule has 2 heterocycles. The van der Waals surface area contributed by atoms with Crippen LogP contribution >= 0.6 is 0 Å². The number of rotatable bonds is 3. The first-order valence-corrected chi connectivity index (χ1v) is 6.23. The number of alkyl halides is 3. The zero-order valence-corrected chi connectivity index (χ0v) is 10.8. The Labute approximate surface area is 118 Å². The van der Waals surface area contributed by atoms with Gasteiger partial charge in [0, 0.05) is 18.8 Å². The summed E-state index contributed by atoms with van der Waals surface area (Å²) in [5, 5.41) is 7.10. The van der Waals surface area contributed by atoms with Gasteiger partial charge in [-0.2, -0.15) is 18.3 Å². The Morgan fingerprint density at radius 3 is 2.52 bits per heavy atom. The van der Waals surface area contributed by atoms with Gasteiger partial charge in [-0.1, -0.05) is 12.1 Å². The average molecular weight is 292 g/mol. The maximum atomic E-state index is 12.5. The minimum absolute atomic E-state index is 0.398. The second kappa shape index (κ2) is 5.08. The maximum absolute atomic E-state index is 12.5. The van der Waals surface area contributed by atoms with Crippen molar-refractivity contribution in [2.45, 2.75) is 12.7 Å². The molecule has 0 bridgehead atoms. The smallest absolute Gasteiger partial charge is 0.366 e. The largest absolute Gasteiger partial charge is 0.416 e. The van der Waals surface area contributed by atoms with E-state index in [2.05, 4.69) is 15.4 Å². The number of anilines is 1. The average Bonchev–Trinajstić information content (AvgIpc) is 2.92. The van der Waals surface area contributed by atoms with Gasteiger partial charge in [-0.3, -0.25) is 0 Å². The lowest BCUT2D eigenvalue weighted by molar-refractivity contribution is -0.137. The summed E-state index contributed by atoms with van der Waals surface area (Å²) >= 11 is 0. The molecule has 2 aromatic heterocycles. The Morgan fingerprint density at radius 1 is 1.05 bits per heavy atom. The Bertz CT molecular complexity index is 747. The highest BCUT2D eigenvalue weighted by molar-refractivity contribution is 5.45. The molecule has 0 amide bonds. The Kier molecular flexibility index (Phi) is 3.25. The van der Waals surface area contributed by atoms with Crippen LogP contribution in [0, 0.1) is 0 Å². The number of nitrogens with one attached hydrogen (secondary N) is 1. The molecule has 7 heteroatoms. The zero-order chi connectivity index (χ0) is 14.9. The predicted molar refractivity (Wildman–Crippen MR) is 71.8 cm³/mol. The molecule has 0 spiro atoms. The zero-order valence-electron chi connectivity index (χ0n) is 10.8. The van der Waals surface area contributed by atoms with Crippen LogP contribution in [0.4, 0.5) is 19.0 Å². The van der Waals surface area contributed by atoms with Gasteiger partial charge in [-0.05, 0) is 23.8 Å². The van der Waals surface area contributed by atoms with E-state index in [4.69, 9.17) is 0 Å². The van der Waals surface area contributed by atoms with Crippen LogP contribution in [0.5, 0.6) is 0 Å². The minimum atomic E-state index is -4.31. The fraction of sp³-hybridized carbons (Fsp3) is 0.143. The molecule has 3 rings (SSSR count). The van der Waals surface area contributed by atoms with E-state index in [0.717, 1.165) is 17.7 Å². The van der Waals surface area contributed by atoms with E-state index in [-0.39, 0.29) is 0 Å². The van der Waals surface area contributed by atoms with Gasteiger partial charge in [-0.15, -0.1) is 0 Å². The van der Waals surface area contributed by atoms with Gasteiger partial charge in [0.15, 0.2) is 5.65 Å². The van der Waals surface area contributed by atoms with Crippen molar-refractivity contribution in [1.82, 2.24) is 14.6 Å². The van der Waals surface area contributed by atoms with Crippen LogP contribution < -0.4 is 5.32 Å². The van der Waals surface area contributed by atoms with Crippen molar-refractivity contribution in [2.75, 3.05) is 5.32 Å². The molecule has 4 nitrogen and oxygen atoms in total. The van der Waals surface area contributed by atoms with Crippen molar-refractivity contribution >= 4 is 11.5 Å². The molecule has 21 heavy (non-hydrogen) atoms. The molecule has 108 valence electrons. The van der Waals surface area contributed by atoms with Crippen molar-refractivity contribution in [3.8, 4) is 0 Å². The maximum Gasteiger partial charge on any atom is 0.416 e. The Balaban J connectivity index is 1.69. The van der Waals surface area contributed by atoms with E-state index in [1.165, 1.54) is 12.1 Å². The lowest BCUT2D eigenvalue weighted by atomic mass is 10.1. The third-order valence-corrected chi connectivity index (χ3v) is 3.01. The molecule has 0 aliphatic heterocycles. The van der Waals surface area contributed by atoms with Gasteiger partial charge in [-0.25, -0.2) is 9.50 Å². The summed E-state index contributed by atoms with van der Waals surface area (Å²) < 4.78 is 39.0. The summed E-state index contributed by atoms with van der Waals surface area (Å²) in [6, 6.07) is 8.57. The molecule has 1 aromatic carbocycles. The van der Waals surface area contributed by atoms with Crippen LogP contribution in [-0.4, -0.2) is 14.6 Å². The second-order valence-electron chi connectivity index (χ2n) is 4.49. The molecule has 0 saturated carbocycles. The molecule has 1 N–H and O–H groups in total. The van der Waals surface area contributed by atoms with Crippen LogP contribution in [0.1, 0.15) is 11.1 Å². The third kappa shape index (κ3) is 2.96. The quantitative estimate of drug-likeness (QED) is 0.805. The standard InChI is InChI=1S/C14H11F3N4/c15-14(16,17)11-3-1-10(2-4-11)9-18-12-6-8-21-13(20-12)5-7-19-21/h1-8H,9H2,(H,18,20). The van der Waals surface area contributed by atoms with Crippen LogP contribution in [-0.2, 0) is 12.7 Å². The van der Waals surface area contributed by atoms with E-state index in [0.29, 0.717) is 18.0 Å². The highest BCUT2D eigenvalue weighted by Crippen LogP contribution is 2.29. The number of hydrogen-bond acceptors (Lipinski definition) is 3. The van der Waals surface area contributed by atoms with Crippen LogP contribution in [0.25, 0.3) is 5.65 Å². The lowest BCUT2D eigenvalue weighted by Gasteiger charge is -2.09. The van der Waals surface area contributed by atoms with Crippen LogP contribution in [0.3, 0.4) is 0 Å². The fourth-order valence-corrected chi connectivity index (χ4v) is 1.92. The summed E-state index contributed by atoms with van der Waals surface area (Å²) in [5.41, 5.74) is 0.802. The van der Waals surface area contributed by atoms with Gasteiger partial charge in [0.2, 0.25) is 0 Å². The SMILES string of the molecule is FC(F)(F)c1ccc(CNc2ccn3nccc3n2)cc1. The van der Waals surface area contributed by atoms with Crippen molar-refractivity contribution in [1.29, 1.82) is 0 Å². The topological polar surface area (TPSA) is 42.2 Å². The lowest BCUT2D eigenvalue weighted by Crippen LogP contribution is -2.06. The number of nitrogens with zero attached hydrogens (tertiary/aromatic N) is 3. The fourth-order valence-electron chi connectivity index (χ4n) is 1.92. The molecule has 3 aromatic rings. The first kappa shape index (κ1) is 13.4. The summed E-state index contributed by atoms with van der Waals surface area (Å²) in [6.45, 7) is 0.398. The van der Waals surface area contributed by atoms with Crippen molar-refractivity contribution in [3.63, 3.8) is 0 Å². The summed E-state index contributed by atoms with van der Waals surface area (Å²) in [5.74, 6) is 0.642. The minimum Gasteiger partial charge on any atom is -0.366 e. The number of halogens is 3. The predicted octanol–water partition coefficient (Wildman–Crippen LogP) is 3.36. The number of aromatic nitrogens is 3. The van der Waals surface area contributed by atoms with E-state index >= 15 is 0 Å². The van der Waals surface area contributed by atoms with E-state index in [9.17, 15) is 13.2 Å². The molecular formula is C14H11F3N4. The van der Waals surface area contributed by atoms with E-state index in [1.807, 2.05) is 0 Å². The van der Waals surface area contributed by atoms with E-state index < -0.39 is 11.7 Å². The van der Waals surface area contributed by atoms with Gasteiger partial charge < -0.3 is 5.32 Å².